The lowest BCUT2D eigenvalue weighted by molar-refractivity contribution is -0.143. The quantitative estimate of drug-likeness (QED) is 0.256. The van der Waals surface area contributed by atoms with E-state index in [1.54, 1.807) is 0 Å². The highest BCUT2D eigenvalue weighted by molar-refractivity contribution is 6.30. The summed E-state index contributed by atoms with van der Waals surface area (Å²) in [6.45, 7) is 0. The average Bonchev–Trinajstić information content (AvgIpc) is 3.54. The Morgan fingerprint density at radius 2 is 1.74 bits per heavy atom. The van der Waals surface area contributed by atoms with Gasteiger partial charge in [-0.1, -0.05) is 23.7 Å². The lowest BCUT2D eigenvalue weighted by atomic mass is 10.0. The van der Waals surface area contributed by atoms with Crippen LogP contribution in [0.3, 0.4) is 0 Å². The fourth-order valence-corrected chi connectivity index (χ4v) is 4.81. The number of hydrogen-bond donors (Lipinski definition) is 2. The molecule has 0 spiro atoms. The predicted octanol–water partition coefficient (Wildman–Crippen LogP) is 6.18. The van der Waals surface area contributed by atoms with Crippen LogP contribution in [-0.4, -0.2) is 31.2 Å². The van der Waals surface area contributed by atoms with E-state index in [4.69, 9.17) is 11.6 Å². The van der Waals surface area contributed by atoms with Gasteiger partial charge in [0.2, 0.25) is 0 Å². The van der Waals surface area contributed by atoms with E-state index in [9.17, 15) is 35.9 Å². The van der Waals surface area contributed by atoms with Gasteiger partial charge in [-0.15, -0.1) is 0 Å². The fourth-order valence-electron chi connectivity index (χ4n) is 4.57. The molecule has 2 N–H and O–H groups in total. The van der Waals surface area contributed by atoms with Crippen LogP contribution >= 0.6 is 11.6 Å². The van der Waals surface area contributed by atoms with Gasteiger partial charge in [-0.05, 0) is 30.3 Å². The molecule has 0 saturated heterocycles. The Hall–Kier alpha value is -4.59. The van der Waals surface area contributed by atoms with Crippen molar-refractivity contribution in [3.05, 3.63) is 82.4 Å². The molecule has 0 bridgehead atoms. The monoisotopic (exact) mass is 564 g/mol. The van der Waals surface area contributed by atoms with Crippen LogP contribution in [0, 0.1) is 0 Å². The molecule has 0 atom stereocenters. The van der Waals surface area contributed by atoms with E-state index in [1.807, 2.05) is 0 Å². The molecule has 39 heavy (non-hydrogen) atoms. The summed E-state index contributed by atoms with van der Waals surface area (Å²) in [6.07, 6.45) is -8.22. The third-order valence-corrected chi connectivity index (χ3v) is 6.43. The number of alkyl halides is 6. The Bertz CT molecular complexity index is 1860. The molecule has 2 amide bonds. The second-order valence-corrected chi connectivity index (χ2v) is 8.89. The summed E-state index contributed by atoms with van der Waals surface area (Å²) < 4.78 is 84.3. The Labute approximate surface area is 217 Å². The van der Waals surface area contributed by atoms with Crippen molar-refractivity contribution >= 4 is 51.1 Å². The lowest BCUT2D eigenvalue weighted by Gasteiger charge is -2.15. The van der Waals surface area contributed by atoms with E-state index in [0.29, 0.717) is 28.0 Å². The van der Waals surface area contributed by atoms with E-state index in [1.165, 1.54) is 30.3 Å². The molecule has 198 valence electrons. The minimum absolute atomic E-state index is 0.0424. The molecule has 4 heterocycles. The van der Waals surface area contributed by atoms with Crippen LogP contribution in [-0.2, 0) is 12.4 Å². The summed E-state index contributed by atoms with van der Waals surface area (Å²) in [4.78, 5) is 25.2. The second kappa shape index (κ2) is 8.20. The topological polar surface area (TPSA) is 93.3 Å². The molecular formula is C24H11ClF6N6O2. The number of anilines is 2. The zero-order chi connectivity index (χ0) is 27.9. The van der Waals surface area contributed by atoms with Crippen molar-refractivity contribution < 1.29 is 35.9 Å². The number of hydrogen-bond acceptors (Lipinski definition) is 4. The van der Waals surface area contributed by atoms with Gasteiger partial charge in [-0.3, -0.25) is 9.59 Å². The molecule has 0 aliphatic carbocycles. The number of carbonyl (C=O) groups is 2. The second-order valence-electron chi connectivity index (χ2n) is 8.50. The van der Waals surface area contributed by atoms with Crippen LogP contribution in [0.2, 0.25) is 5.15 Å². The molecular weight excluding hydrogens is 554 g/mol. The number of rotatable bonds is 3. The lowest BCUT2D eigenvalue weighted by Crippen LogP contribution is -2.21. The number of carbonyl (C=O) groups excluding carboxylic acids is 2. The number of aromatic nitrogens is 4. The molecule has 1 aliphatic heterocycles. The van der Waals surface area contributed by atoms with Gasteiger partial charge in [0, 0.05) is 22.0 Å². The van der Waals surface area contributed by atoms with Crippen LogP contribution in [0.4, 0.5) is 37.7 Å². The molecule has 5 aromatic rings. The van der Waals surface area contributed by atoms with Gasteiger partial charge in [0.15, 0.2) is 5.69 Å². The predicted molar refractivity (Wildman–Crippen MR) is 127 cm³/mol. The zero-order valence-corrected chi connectivity index (χ0v) is 19.7. The van der Waals surface area contributed by atoms with Gasteiger partial charge < -0.3 is 10.6 Å². The Balaban J connectivity index is 1.44. The van der Waals surface area contributed by atoms with Gasteiger partial charge in [0.05, 0.1) is 40.4 Å². The van der Waals surface area contributed by atoms with Crippen molar-refractivity contribution in [3.8, 4) is 5.69 Å². The van der Waals surface area contributed by atoms with E-state index < -0.39 is 46.5 Å². The van der Waals surface area contributed by atoms with E-state index >= 15 is 0 Å². The molecule has 3 aromatic heterocycles. The summed E-state index contributed by atoms with van der Waals surface area (Å²) in [7, 11) is 0. The van der Waals surface area contributed by atoms with E-state index in [-0.39, 0.29) is 27.5 Å². The van der Waals surface area contributed by atoms with Gasteiger partial charge >= 0.3 is 12.4 Å². The largest absolute Gasteiger partial charge is 0.434 e. The SMILES string of the molecule is O=C(Nc1cnn2c(Cl)cc(C(F)(F)F)c2c1)c1cnn(-c2ccc3c4c(cccc24)C(=O)N3)c1C(F)(F)F. The van der Waals surface area contributed by atoms with Crippen molar-refractivity contribution in [2.45, 2.75) is 12.4 Å². The van der Waals surface area contributed by atoms with Gasteiger partial charge in [-0.2, -0.15) is 36.5 Å². The number of benzene rings is 2. The molecule has 1 aliphatic rings. The van der Waals surface area contributed by atoms with Gasteiger partial charge in [0.25, 0.3) is 11.8 Å². The molecule has 0 saturated carbocycles. The van der Waals surface area contributed by atoms with Crippen molar-refractivity contribution in [2.24, 2.45) is 0 Å². The van der Waals surface area contributed by atoms with Crippen LogP contribution in [0.25, 0.3) is 22.0 Å². The smallest absolute Gasteiger partial charge is 0.321 e. The third kappa shape index (κ3) is 3.86. The first-order chi connectivity index (χ1) is 18.3. The summed E-state index contributed by atoms with van der Waals surface area (Å²) in [5.41, 5.74) is -3.61. The van der Waals surface area contributed by atoms with Gasteiger partial charge in [0.1, 0.15) is 5.15 Å². The molecule has 0 unspecified atom stereocenters. The van der Waals surface area contributed by atoms with Crippen LogP contribution in [0.5, 0.6) is 0 Å². The highest BCUT2D eigenvalue weighted by atomic mass is 35.5. The molecule has 15 heteroatoms. The fraction of sp³-hybridized carbons (Fsp3) is 0.0833. The van der Waals surface area contributed by atoms with E-state index in [0.717, 1.165) is 16.8 Å². The maximum absolute atomic E-state index is 14.3. The molecule has 2 aromatic carbocycles. The Morgan fingerprint density at radius 3 is 2.46 bits per heavy atom. The highest BCUT2D eigenvalue weighted by Gasteiger charge is 2.41. The van der Waals surface area contributed by atoms with E-state index in [2.05, 4.69) is 20.8 Å². The minimum atomic E-state index is -5.07. The van der Waals surface area contributed by atoms with Crippen LogP contribution in [0.1, 0.15) is 32.0 Å². The zero-order valence-electron chi connectivity index (χ0n) is 18.9. The summed E-state index contributed by atoms with van der Waals surface area (Å²) in [5, 5.41) is 12.7. The Kier molecular flexibility index (Phi) is 5.20. The summed E-state index contributed by atoms with van der Waals surface area (Å²) in [5.74, 6) is -1.69. The first-order valence-corrected chi connectivity index (χ1v) is 11.3. The number of fused-ring (bicyclic) bond motifs is 1. The first-order valence-electron chi connectivity index (χ1n) is 10.9. The summed E-state index contributed by atoms with van der Waals surface area (Å²) >= 11 is 5.80. The molecule has 8 nitrogen and oxygen atoms in total. The van der Waals surface area contributed by atoms with Crippen LogP contribution in [0.15, 0.2) is 54.9 Å². The van der Waals surface area contributed by atoms with Crippen molar-refractivity contribution in [1.82, 2.24) is 19.4 Å². The number of amides is 2. The van der Waals surface area contributed by atoms with Crippen molar-refractivity contribution in [2.75, 3.05) is 10.6 Å². The molecule has 6 rings (SSSR count). The first kappa shape index (κ1) is 24.7. The highest BCUT2D eigenvalue weighted by Crippen LogP contribution is 2.40. The maximum Gasteiger partial charge on any atom is 0.434 e. The standard InChI is InChI=1S/C24H11ClF6N6O2/c25-18-7-14(23(26,27)28)17-6-10(8-32-36(17)18)34-22(39)13-9-33-37(20(13)24(29,30)31)16-5-4-15-19-11(16)2-1-3-12(19)21(38)35-15/h1-9H,(H,34,39)(H,35,38). The number of nitrogens with one attached hydrogen (secondary N) is 2. The van der Waals surface area contributed by atoms with Gasteiger partial charge in [-0.25, -0.2) is 9.20 Å². The van der Waals surface area contributed by atoms with Crippen molar-refractivity contribution in [1.29, 1.82) is 0 Å². The summed E-state index contributed by atoms with van der Waals surface area (Å²) in [6, 6.07) is 8.83. The third-order valence-electron chi connectivity index (χ3n) is 6.16. The number of halogens is 7. The normalized spacial score (nSPS) is 13.4. The average molecular weight is 565 g/mol. The molecule has 0 radical (unpaired) electrons. The minimum Gasteiger partial charge on any atom is -0.321 e. The maximum atomic E-state index is 14.3. The van der Waals surface area contributed by atoms with Crippen molar-refractivity contribution in [3.63, 3.8) is 0 Å². The number of nitrogens with zero attached hydrogens (tertiary/aromatic N) is 4. The Morgan fingerprint density at radius 1 is 0.974 bits per heavy atom. The van der Waals surface area contributed by atoms with Crippen LogP contribution < -0.4 is 10.6 Å². The molecule has 0 fully saturated rings.